The third-order valence-electron chi connectivity index (χ3n) is 4.99. The van der Waals surface area contributed by atoms with Crippen molar-refractivity contribution in [3.63, 3.8) is 0 Å². The summed E-state index contributed by atoms with van der Waals surface area (Å²) in [6.45, 7) is 10.7. The molecule has 0 radical (unpaired) electrons. The van der Waals surface area contributed by atoms with Crippen LogP contribution in [-0.2, 0) is 0 Å². The van der Waals surface area contributed by atoms with Gasteiger partial charge in [0.05, 0.1) is 0 Å². The Hall–Kier alpha value is -2.08. The van der Waals surface area contributed by atoms with Crippen molar-refractivity contribution < 1.29 is 14.6 Å². The highest BCUT2D eigenvalue weighted by atomic mass is 16.5. The molecule has 3 rings (SSSR count). The Kier molecular flexibility index (Phi) is 7.71. The molecule has 5 heteroatoms. The first-order chi connectivity index (χ1) is 13.6. The van der Waals surface area contributed by atoms with Gasteiger partial charge in [0.1, 0.15) is 30.8 Å². The molecule has 152 valence electrons. The van der Waals surface area contributed by atoms with Crippen LogP contribution in [0.1, 0.15) is 11.1 Å². The molecule has 0 spiro atoms. The Morgan fingerprint density at radius 1 is 0.857 bits per heavy atom. The Morgan fingerprint density at radius 2 is 1.50 bits per heavy atom. The summed E-state index contributed by atoms with van der Waals surface area (Å²) >= 11 is 0. The van der Waals surface area contributed by atoms with Crippen LogP contribution in [0.2, 0.25) is 0 Å². The predicted octanol–water partition coefficient (Wildman–Crippen LogP) is 2.74. The number of rotatable bonds is 9. The summed E-state index contributed by atoms with van der Waals surface area (Å²) in [5, 5.41) is 10.3. The van der Waals surface area contributed by atoms with Crippen LogP contribution in [0.15, 0.2) is 48.5 Å². The molecule has 28 heavy (non-hydrogen) atoms. The van der Waals surface area contributed by atoms with E-state index in [9.17, 15) is 5.11 Å². The van der Waals surface area contributed by atoms with Crippen molar-refractivity contribution in [2.75, 3.05) is 52.5 Å². The second kappa shape index (κ2) is 10.5. The highest BCUT2D eigenvalue weighted by Gasteiger charge is 2.19. The van der Waals surface area contributed by atoms with Crippen molar-refractivity contribution in [3.05, 3.63) is 59.7 Å². The zero-order chi connectivity index (χ0) is 19.8. The van der Waals surface area contributed by atoms with E-state index in [0.29, 0.717) is 19.8 Å². The number of ether oxygens (including phenoxy) is 2. The minimum Gasteiger partial charge on any atom is -0.492 e. The number of aryl methyl sites for hydroxylation is 2. The van der Waals surface area contributed by atoms with Crippen LogP contribution in [0.4, 0.5) is 0 Å². The molecular weight excluding hydrogens is 352 g/mol. The average molecular weight is 385 g/mol. The fraction of sp³-hybridized carbons (Fsp3) is 0.478. The van der Waals surface area contributed by atoms with Gasteiger partial charge in [0.15, 0.2) is 0 Å². The Labute approximate surface area is 168 Å². The standard InChI is InChI=1S/C23H32N2O3/c1-19-14-20(2)16-23(15-19)28-18-21(26)17-25-10-8-24(9-11-25)12-13-27-22-6-4-3-5-7-22/h3-7,14-16,21,26H,8-13,17-18H2,1-2H3. The van der Waals surface area contributed by atoms with Gasteiger partial charge in [-0.2, -0.15) is 0 Å². The molecule has 1 N–H and O–H groups in total. The smallest absolute Gasteiger partial charge is 0.119 e. The van der Waals surface area contributed by atoms with Crippen molar-refractivity contribution in [3.8, 4) is 11.5 Å². The van der Waals surface area contributed by atoms with Gasteiger partial charge >= 0.3 is 0 Å². The summed E-state index contributed by atoms with van der Waals surface area (Å²) in [4.78, 5) is 4.72. The molecule has 1 unspecified atom stereocenters. The number of nitrogens with zero attached hydrogens (tertiary/aromatic N) is 2. The third-order valence-corrected chi connectivity index (χ3v) is 4.99. The lowest BCUT2D eigenvalue weighted by Crippen LogP contribution is -2.50. The largest absolute Gasteiger partial charge is 0.492 e. The van der Waals surface area contributed by atoms with Crippen LogP contribution < -0.4 is 9.47 Å². The number of para-hydroxylation sites is 1. The molecular formula is C23H32N2O3. The van der Waals surface area contributed by atoms with Crippen molar-refractivity contribution in [1.82, 2.24) is 9.80 Å². The van der Waals surface area contributed by atoms with E-state index >= 15 is 0 Å². The maximum atomic E-state index is 10.3. The molecule has 0 saturated carbocycles. The van der Waals surface area contributed by atoms with E-state index in [2.05, 4.69) is 29.7 Å². The van der Waals surface area contributed by atoms with E-state index in [1.807, 2.05) is 42.5 Å². The molecule has 1 fully saturated rings. The monoisotopic (exact) mass is 384 g/mol. The van der Waals surface area contributed by atoms with E-state index in [1.54, 1.807) is 0 Å². The van der Waals surface area contributed by atoms with Crippen molar-refractivity contribution in [2.24, 2.45) is 0 Å². The zero-order valence-corrected chi connectivity index (χ0v) is 17.0. The van der Waals surface area contributed by atoms with Crippen LogP contribution in [0.5, 0.6) is 11.5 Å². The van der Waals surface area contributed by atoms with E-state index < -0.39 is 6.10 Å². The number of piperazine rings is 1. The second-order valence-electron chi connectivity index (χ2n) is 7.59. The number of aliphatic hydroxyl groups is 1. The van der Waals surface area contributed by atoms with Gasteiger partial charge < -0.3 is 14.6 Å². The van der Waals surface area contributed by atoms with Crippen molar-refractivity contribution in [2.45, 2.75) is 20.0 Å². The van der Waals surface area contributed by atoms with Crippen LogP contribution >= 0.6 is 0 Å². The highest BCUT2D eigenvalue weighted by Crippen LogP contribution is 2.16. The lowest BCUT2D eigenvalue weighted by atomic mass is 10.1. The normalized spacial score (nSPS) is 16.7. The summed E-state index contributed by atoms with van der Waals surface area (Å²) < 4.78 is 11.6. The average Bonchev–Trinajstić information content (AvgIpc) is 2.68. The highest BCUT2D eigenvalue weighted by molar-refractivity contribution is 5.33. The van der Waals surface area contributed by atoms with Crippen molar-refractivity contribution in [1.29, 1.82) is 0 Å². The SMILES string of the molecule is Cc1cc(C)cc(OCC(O)CN2CCN(CCOc3ccccc3)CC2)c1. The van der Waals surface area contributed by atoms with Gasteiger partial charge in [0, 0.05) is 39.3 Å². The van der Waals surface area contributed by atoms with Gasteiger partial charge in [0.2, 0.25) is 0 Å². The van der Waals surface area contributed by atoms with Crippen molar-refractivity contribution >= 4 is 0 Å². The maximum Gasteiger partial charge on any atom is 0.119 e. The number of hydrogen-bond donors (Lipinski definition) is 1. The van der Waals surface area contributed by atoms with Crippen LogP contribution in [-0.4, -0.2) is 73.5 Å². The fourth-order valence-electron chi connectivity index (χ4n) is 3.56. The Balaban J connectivity index is 1.31. The van der Waals surface area contributed by atoms with E-state index in [4.69, 9.17) is 9.47 Å². The van der Waals surface area contributed by atoms with Gasteiger partial charge in [-0.05, 0) is 49.2 Å². The molecule has 1 saturated heterocycles. The number of β-amino-alcohol motifs (C(OH)–C–C–N with tert-alkyl or cyclic N) is 1. The Morgan fingerprint density at radius 3 is 2.18 bits per heavy atom. The summed E-state index contributed by atoms with van der Waals surface area (Å²) in [6, 6.07) is 16.1. The zero-order valence-electron chi connectivity index (χ0n) is 17.0. The lowest BCUT2D eigenvalue weighted by molar-refractivity contribution is 0.0436. The van der Waals surface area contributed by atoms with Crippen LogP contribution in [0, 0.1) is 13.8 Å². The minimum atomic E-state index is -0.478. The van der Waals surface area contributed by atoms with Gasteiger partial charge in [0.25, 0.3) is 0 Å². The third kappa shape index (κ3) is 6.82. The summed E-state index contributed by atoms with van der Waals surface area (Å²) in [7, 11) is 0. The van der Waals surface area contributed by atoms with Crippen LogP contribution in [0.25, 0.3) is 0 Å². The first kappa shape index (κ1) is 20.6. The van der Waals surface area contributed by atoms with Crippen LogP contribution in [0.3, 0.4) is 0 Å². The first-order valence-electron chi connectivity index (χ1n) is 10.1. The number of aliphatic hydroxyl groups excluding tert-OH is 1. The quantitative estimate of drug-likeness (QED) is 0.720. The number of benzene rings is 2. The molecule has 0 aliphatic carbocycles. The second-order valence-corrected chi connectivity index (χ2v) is 7.59. The van der Waals surface area contributed by atoms with Gasteiger partial charge in [-0.25, -0.2) is 0 Å². The van der Waals surface area contributed by atoms with Gasteiger partial charge in [-0.3, -0.25) is 9.80 Å². The molecule has 1 aliphatic heterocycles. The van der Waals surface area contributed by atoms with Gasteiger partial charge in [-0.1, -0.05) is 24.3 Å². The number of hydrogen-bond acceptors (Lipinski definition) is 5. The molecule has 2 aromatic rings. The summed E-state index contributed by atoms with van der Waals surface area (Å²) in [5.74, 6) is 1.76. The van der Waals surface area contributed by atoms with Gasteiger partial charge in [-0.15, -0.1) is 0 Å². The van der Waals surface area contributed by atoms with E-state index in [0.717, 1.165) is 44.2 Å². The molecule has 1 atom stereocenters. The lowest BCUT2D eigenvalue weighted by Gasteiger charge is -2.35. The summed E-state index contributed by atoms with van der Waals surface area (Å²) in [6.07, 6.45) is -0.478. The molecule has 5 nitrogen and oxygen atoms in total. The van der Waals surface area contributed by atoms with E-state index in [-0.39, 0.29) is 0 Å². The topological polar surface area (TPSA) is 45.2 Å². The maximum absolute atomic E-state index is 10.3. The molecule has 2 aromatic carbocycles. The minimum absolute atomic E-state index is 0.327. The fourth-order valence-corrected chi connectivity index (χ4v) is 3.56. The predicted molar refractivity (Wildman–Crippen MR) is 112 cm³/mol. The first-order valence-corrected chi connectivity index (χ1v) is 10.1. The Bertz CT molecular complexity index is 695. The van der Waals surface area contributed by atoms with E-state index in [1.165, 1.54) is 11.1 Å². The molecule has 0 aromatic heterocycles. The molecule has 1 heterocycles. The molecule has 0 bridgehead atoms. The molecule has 1 aliphatic rings. The molecule has 0 amide bonds. The summed E-state index contributed by atoms with van der Waals surface area (Å²) in [5.41, 5.74) is 2.36.